The van der Waals surface area contributed by atoms with Crippen molar-refractivity contribution in [2.45, 2.75) is 30.7 Å². The smallest absolute Gasteiger partial charge is 0.241 e. The number of likely N-dealkylation sites (tertiary alicyclic amines) is 1. The zero-order valence-corrected chi connectivity index (χ0v) is 14.6. The highest BCUT2D eigenvalue weighted by atomic mass is 79.9. The summed E-state index contributed by atoms with van der Waals surface area (Å²) in [5.41, 5.74) is 0. The highest BCUT2D eigenvalue weighted by molar-refractivity contribution is 9.10. The van der Waals surface area contributed by atoms with Crippen LogP contribution in [0, 0.1) is 0 Å². The van der Waals surface area contributed by atoms with Crippen LogP contribution < -0.4 is 4.72 Å². The van der Waals surface area contributed by atoms with E-state index in [1.807, 2.05) is 0 Å². The third kappa shape index (κ3) is 3.97. The number of halogens is 2. The molecule has 0 radical (unpaired) electrons. The van der Waals surface area contributed by atoms with Gasteiger partial charge in [-0.05, 0) is 53.9 Å². The van der Waals surface area contributed by atoms with Gasteiger partial charge in [0.05, 0.1) is 16.0 Å². The summed E-state index contributed by atoms with van der Waals surface area (Å²) in [5.74, 6) is -0.191. The number of nitrogens with one attached hydrogen (secondary N) is 1. The molecule has 1 aromatic carbocycles. The lowest BCUT2D eigenvalue weighted by Gasteiger charge is -2.21. The molecule has 0 aromatic heterocycles. The number of carbonyl (C=O) groups is 1. The number of nitrogens with zero attached hydrogens (tertiary/aromatic N) is 1. The van der Waals surface area contributed by atoms with Crippen LogP contribution in [-0.4, -0.2) is 38.4 Å². The van der Waals surface area contributed by atoms with Gasteiger partial charge in [-0.3, -0.25) is 4.79 Å². The van der Waals surface area contributed by atoms with E-state index >= 15 is 0 Å². The Bertz CT molecular complexity index is 645. The van der Waals surface area contributed by atoms with Crippen LogP contribution in [0.15, 0.2) is 27.6 Å². The van der Waals surface area contributed by atoms with Crippen molar-refractivity contribution in [3.63, 3.8) is 0 Å². The number of hydrogen-bond donors (Lipinski definition) is 1. The van der Waals surface area contributed by atoms with Crippen LogP contribution in [0.5, 0.6) is 0 Å². The molecule has 1 aliphatic rings. The molecule has 21 heavy (non-hydrogen) atoms. The van der Waals surface area contributed by atoms with Crippen LogP contribution in [-0.2, 0) is 14.8 Å². The molecule has 1 heterocycles. The van der Waals surface area contributed by atoms with Crippen molar-refractivity contribution in [2.24, 2.45) is 0 Å². The van der Waals surface area contributed by atoms with Gasteiger partial charge in [-0.15, -0.1) is 0 Å². The van der Waals surface area contributed by atoms with E-state index < -0.39 is 16.1 Å². The molecule has 1 fully saturated rings. The molecule has 0 spiro atoms. The molecule has 1 aliphatic heterocycles. The number of hydrogen-bond acceptors (Lipinski definition) is 3. The molecule has 8 heteroatoms. The topological polar surface area (TPSA) is 66.5 Å². The molecule has 2 rings (SSSR count). The van der Waals surface area contributed by atoms with Crippen LogP contribution in [0.2, 0.25) is 5.02 Å². The maximum Gasteiger partial charge on any atom is 0.241 e. The zero-order valence-electron chi connectivity index (χ0n) is 11.5. The van der Waals surface area contributed by atoms with E-state index in [0.717, 1.165) is 12.8 Å². The first kappa shape index (κ1) is 16.7. The molecule has 0 saturated carbocycles. The first-order valence-electron chi connectivity index (χ1n) is 6.57. The monoisotopic (exact) mass is 394 g/mol. The molecule has 1 unspecified atom stereocenters. The normalized spacial score (nSPS) is 17.0. The summed E-state index contributed by atoms with van der Waals surface area (Å²) in [6, 6.07) is 3.52. The molecule has 1 amide bonds. The lowest BCUT2D eigenvalue weighted by Crippen LogP contribution is -2.45. The molecule has 5 nitrogen and oxygen atoms in total. The zero-order chi connectivity index (χ0) is 15.6. The largest absolute Gasteiger partial charge is 0.341 e. The fourth-order valence-electron chi connectivity index (χ4n) is 2.21. The Hall–Kier alpha value is -0.630. The van der Waals surface area contributed by atoms with Crippen molar-refractivity contribution >= 4 is 43.5 Å². The van der Waals surface area contributed by atoms with Gasteiger partial charge in [-0.2, -0.15) is 4.72 Å². The SMILES string of the molecule is CC(NS(=O)(=O)c1ccc(Cl)c(Br)c1)C(=O)N1CCCC1. The Balaban J connectivity index is 2.12. The fraction of sp³-hybridized carbons (Fsp3) is 0.462. The predicted molar refractivity (Wildman–Crippen MR) is 84.7 cm³/mol. The highest BCUT2D eigenvalue weighted by Gasteiger charge is 2.27. The van der Waals surface area contributed by atoms with E-state index in [2.05, 4.69) is 20.7 Å². The van der Waals surface area contributed by atoms with E-state index in [0.29, 0.717) is 22.6 Å². The minimum absolute atomic E-state index is 0.0693. The second-order valence-corrected chi connectivity index (χ2v) is 7.93. The molecular weight excluding hydrogens is 380 g/mol. The van der Waals surface area contributed by atoms with Gasteiger partial charge in [-0.25, -0.2) is 8.42 Å². The molecule has 1 saturated heterocycles. The minimum Gasteiger partial charge on any atom is -0.341 e. The van der Waals surface area contributed by atoms with Crippen molar-refractivity contribution in [3.8, 4) is 0 Å². The summed E-state index contributed by atoms with van der Waals surface area (Å²) in [6.45, 7) is 2.94. The van der Waals surface area contributed by atoms with Crippen LogP contribution >= 0.6 is 27.5 Å². The van der Waals surface area contributed by atoms with Crippen molar-refractivity contribution in [3.05, 3.63) is 27.7 Å². The molecule has 1 aromatic rings. The molecule has 1 atom stereocenters. The van der Waals surface area contributed by atoms with Gasteiger partial charge < -0.3 is 4.90 Å². The van der Waals surface area contributed by atoms with Gasteiger partial charge >= 0.3 is 0 Å². The fourth-order valence-corrected chi connectivity index (χ4v) is 4.08. The first-order chi connectivity index (χ1) is 9.81. The Morgan fingerprint density at radius 2 is 2.00 bits per heavy atom. The Morgan fingerprint density at radius 1 is 1.38 bits per heavy atom. The van der Waals surface area contributed by atoms with Gasteiger partial charge in [0, 0.05) is 17.6 Å². The van der Waals surface area contributed by atoms with Crippen molar-refractivity contribution < 1.29 is 13.2 Å². The summed E-state index contributed by atoms with van der Waals surface area (Å²) in [6.07, 6.45) is 1.94. The number of sulfonamides is 1. The number of rotatable bonds is 4. The van der Waals surface area contributed by atoms with Crippen LogP contribution in [0.4, 0.5) is 0 Å². The molecule has 116 valence electrons. The molecular formula is C13H16BrClN2O3S. The number of carbonyl (C=O) groups excluding carboxylic acids is 1. The Morgan fingerprint density at radius 3 is 2.57 bits per heavy atom. The molecule has 0 aliphatic carbocycles. The van der Waals surface area contributed by atoms with Gasteiger partial charge in [0.15, 0.2) is 0 Å². The summed E-state index contributed by atoms with van der Waals surface area (Å²) in [4.78, 5) is 13.9. The third-order valence-electron chi connectivity index (χ3n) is 3.32. The summed E-state index contributed by atoms with van der Waals surface area (Å²) in [5, 5.41) is 0.426. The highest BCUT2D eigenvalue weighted by Crippen LogP contribution is 2.25. The summed E-state index contributed by atoms with van der Waals surface area (Å²) >= 11 is 9.04. The van der Waals surface area contributed by atoms with Crippen LogP contribution in [0.25, 0.3) is 0 Å². The van der Waals surface area contributed by atoms with Crippen molar-refractivity contribution in [2.75, 3.05) is 13.1 Å². The average molecular weight is 396 g/mol. The van der Waals surface area contributed by atoms with E-state index in [-0.39, 0.29) is 10.8 Å². The Labute approximate surface area is 137 Å². The number of benzene rings is 1. The molecule has 1 N–H and O–H groups in total. The van der Waals surface area contributed by atoms with Gasteiger partial charge in [0.2, 0.25) is 15.9 Å². The van der Waals surface area contributed by atoms with E-state index in [1.165, 1.54) is 18.2 Å². The number of amides is 1. The van der Waals surface area contributed by atoms with E-state index in [9.17, 15) is 13.2 Å². The predicted octanol–water partition coefficient (Wildman–Crippen LogP) is 2.39. The van der Waals surface area contributed by atoms with E-state index in [1.54, 1.807) is 11.8 Å². The second-order valence-electron chi connectivity index (χ2n) is 4.95. The van der Waals surface area contributed by atoms with Crippen molar-refractivity contribution in [1.29, 1.82) is 0 Å². The second kappa shape index (κ2) is 6.64. The first-order valence-corrected chi connectivity index (χ1v) is 9.23. The maximum atomic E-state index is 12.3. The standard InChI is InChI=1S/C13H16BrClN2O3S/c1-9(13(18)17-6-2-3-7-17)16-21(19,20)10-4-5-12(15)11(14)8-10/h4-5,8-9,16H,2-3,6-7H2,1H3. The van der Waals surface area contributed by atoms with E-state index in [4.69, 9.17) is 11.6 Å². The minimum atomic E-state index is -3.76. The van der Waals surface area contributed by atoms with Crippen LogP contribution in [0.3, 0.4) is 0 Å². The summed E-state index contributed by atoms with van der Waals surface area (Å²) in [7, 11) is -3.76. The van der Waals surface area contributed by atoms with Crippen LogP contribution in [0.1, 0.15) is 19.8 Å². The average Bonchev–Trinajstić information content (AvgIpc) is 2.94. The Kier molecular flexibility index (Phi) is 5.29. The molecule has 0 bridgehead atoms. The quantitative estimate of drug-likeness (QED) is 0.851. The van der Waals surface area contributed by atoms with Gasteiger partial charge in [-0.1, -0.05) is 11.6 Å². The van der Waals surface area contributed by atoms with Crippen molar-refractivity contribution in [1.82, 2.24) is 9.62 Å². The lowest BCUT2D eigenvalue weighted by atomic mass is 10.3. The summed E-state index contributed by atoms with van der Waals surface area (Å²) < 4.78 is 27.5. The van der Waals surface area contributed by atoms with Gasteiger partial charge in [0.25, 0.3) is 0 Å². The maximum absolute atomic E-state index is 12.3. The lowest BCUT2D eigenvalue weighted by molar-refractivity contribution is -0.131. The van der Waals surface area contributed by atoms with Gasteiger partial charge in [0.1, 0.15) is 0 Å². The third-order valence-corrected chi connectivity index (χ3v) is 6.07.